The zero-order chi connectivity index (χ0) is 20.7. The Kier molecular flexibility index (Phi) is 7.14. The molecule has 28 heavy (non-hydrogen) atoms. The quantitative estimate of drug-likeness (QED) is 0.774. The Labute approximate surface area is 166 Å². The molecule has 0 amide bonds. The van der Waals surface area contributed by atoms with Crippen molar-refractivity contribution in [2.24, 2.45) is 0 Å². The summed E-state index contributed by atoms with van der Waals surface area (Å²) in [4.78, 5) is 12.5. The molecule has 4 heteroatoms. The van der Waals surface area contributed by atoms with Crippen molar-refractivity contribution >= 4 is 11.5 Å². The summed E-state index contributed by atoms with van der Waals surface area (Å²) >= 11 is 0. The Morgan fingerprint density at radius 2 is 1.79 bits per heavy atom. The normalized spacial score (nSPS) is 11.9. The van der Waals surface area contributed by atoms with E-state index in [2.05, 4.69) is 44.7 Å². The molecule has 0 saturated carbocycles. The number of hydrogen-bond acceptors (Lipinski definition) is 2. The smallest absolute Gasteiger partial charge is 0.317 e. The van der Waals surface area contributed by atoms with Crippen molar-refractivity contribution in [1.29, 1.82) is 0 Å². The van der Waals surface area contributed by atoms with Gasteiger partial charge < -0.3 is 5.11 Å². The van der Waals surface area contributed by atoms with Gasteiger partial charge in [-0.2, -0.15) is 0 Å². The van der Waals surface area contributed by atoms with Crippen molar-refractivity contribution in [2.75, 3.05) is 20.1 Å². The monoisotopic (exact) mass is 379 g/mol. The van der Waals surface area contributed by atoms with Crippen LogP contribution < -0.4 is 0 Å². The fourth-order valence-electron chi connectivity index (χ4n) is 2.64. The molecule has 0 heterocycles. The average Bonchev–Trinajstić information content (AvgIpc) is 2.62. The molecular weight excluding hydrogens is 353 g/mol. The van der Waals surface area contributed by atoms with E-state index < -0.39 is 5.97 Å². The number of halogens is 1. The number of likely N-dealkylation sites (N-methyl/N-ethyl adjacent to an activating group) is 1. The van der Waals surface area contributed by atoms with E-state index in [-0.39, 0.29) is 17.8 Å². The molecule has 0 radical (unpaired) electrons. The van der Waals surface area contributed by atoms with Crippen molar-refractivity contribution in [3.8, 4) is 11.8 Å². The Bertz CT molecular complexity index is 912. The molecule has 0 spiro atoms. The molecule has 0 aromatic heterocycles. The molecule has 1 N–H and O–H groups in total. The van der Waals surface area contributed by atoms with E-state index in [0.717, 1.165) is 5.56 Å². The van der Waals surface area contributed by atoms with E-state index in [1.165, 1.54) is 11.6 Å². The molecule has 0 aliphatic carbocycles. The minimum atomic E-state index is -0.909. The van der Waals surface area contributed by atoms with Crippen molar-refractivity contribution in [1.82, 2.24) is 4.90 Å². The first-order chi connectivity index (χ1) is 13.2. The molecule has 0 aliphatic rings. The third-order valence-electron chi connectivity index (χ3n) is 4.27. The largest absolute Gasteiger partial charge is 0.480 e. The fourth-order valence-corrected chi connectivity index (χ4v) is 2.64. The van der Waals surface area contributed by atoms with Gasteiger partial charge in [0, 0.05) is 23.2 Å². The SMILES string of the molecule is CN(CC=C(C#Cc1ccc(C(C)(C)C)cc1)c1ccccc1F)CC(=O)O. The molecule has 2 aromatic carbocycles. The average molecular weight is 379 g/mol. The standard InChI is InChI=1S/C24H26FNO2/c1-24(2,3)20-13-10-18(11-14-20)9-12-19(15-16-26(4)17-23(27)28)21-7-5-6-8-22(21)25/h5-8,10-11,13-15H,16-17H2,1-4H3,(H,27,28). The highest BCUT2D eigenvalue weighted by molar-refractivity contribution is 5.80. The highest BCUT2D eigenvalue weighted by Gasteiger charge is 2.12. The number of carbonyl (C=O) groups is 1. The molecular formula is C24H26FNO2. The summed E-state index contributed by atoms with van der Waals surface area (Å²) in [7, 11) is 1.70. The van der Waals surface area contributed by atoms with Gasteiger partial charge in [-0.1, -0.05) is 69.0 Å². The van der Waals surface area contributed by atoms with Crippen LogP contribution in [0.1, 0.15) is 37.5 Å². The van der Waals surface area contributed by atoms with Gasteiger partial charge in [0.05, 0.1) is 6.54 Å². The first-order valence-corrected chi connectivity index (χ1v) is 9.15. The number of nitrogens with zero attached hydrogens (tertiary/aromatic N) is 1. The summed E-state index contributed by atoms with van der Waals surface area (Å²) in [5.41, 5.74) is 3.08. The number of allylic oxidation sites excluding steroid dienone is 1. The van der Waals surface area contributed by atoms with E-state index >= 15 is 0 Å². The van der Waals surface area contributed by atoms with Crippen LogP contribution in [0.3, 0.4) is 0 Å². The van der Waals surface area contributed by atoms with Crippen LogP contribution in [-0.2, 0) is 10.2 Å². The van der Waals surface area contributed by atoms with Gasteiger partial charge in [-0.15, -0.1) is 0 Å². The van der Waals surface area contributed by atoms with E-state index in [1.807, 2.05) is 12.1 Å². The summed E-state index contributed by atoms with van der Waals surface area (Å²) in [6.07, 6.45) is 1.76. The summed E-state index contributed by atoms with van der Waals surface area (Å²) in [5.74, 6) is 4.89. The van der Waals surface area contributed by atoms with Crippen LogP contribution in [0.25, 0.3) is 5.57 Å². The number of benzene rings is 2. The number of carboxylic acids is 1. The van der Waals surface area contributed by atoms with Gasteiger partial charge >= 0.3 is 5.97 Å². The Morgan fingerprint density at radius 1 is 1.14 bits per heavy atom. The molecule has 0 bridgehead atoms. The molecule has 0 fully saturated rings. The molecule has 3 nitrogen and oxygen atoms in total. The Balaban J connectivity index is 2.32. The van der Waals surface area contributed by atoms with Gasteiger partial charge in [-0.3, -0.25) is 9.69 Å². The van der Waals surface area contributed by atoms with Crippen LogP contribution in [0, 0.1) is 17.7 Å². The van der Waals surface area contributed by atoms with Crippen molar-refractivity contribution in [2.45, 2.75) is 26.2 Å². The third-order valence-corrected chi connectivity index (χ3v) is 4.27. The number of hydrogen-bond donors (Lipinski definition) is 1. The Morgan fingerprint density at radius 3 is 2.36 bits per heavy atom. The number of carboxylic acid groups (broad SMARTS) is 1. The lowest BCUT2D eigenvalue weighted by Crippen LogP contribution is -2.25. The van der Waals surface area contributed by atoms with E-state index in [4.69, 9.17) is 5.11 Å². The predicted molar refractivity (Wildman–Crippen MR) is 112 cm³/mol. The second kappa shape index (κ2) is 9.34. The van der Waals surface area contributed by atoms with Crippen molar-refractivity contribution in [3.05, 3.63) is 77.1 Å². The van der Waals surface area contributed by atoms with Crippen LogP contribution >= 0.6 is 0 Å². The second-order valence-electron chi connectivity index (χ2n) is 7.77. The zero-order valence-corrected chi connectivity index (χ0v) is 16.8. The third kappa shape index (κ3) is 6.37. The maximum atomic E-state index is 14.3. The van der Waals surface area contributed by atoms with Crippen molar-refractivity contribution < 1.29 is 14.3 Å². The lowest BCUT2D eigenvalue weighted by atomic mass is 9.87. The molecule has 0 unspecified atom stereocenters. The zero-order valence-electron chi connectivity index (χ0n) is 16.8. The van der Waals surface area contributed by atoms with Gasteiger partial charge in [0.2, 0.25) is 0 Å². The molecule has 0 aliphatic heterocycles. The van der Waals surface area contributed by atoms with Gasteiger partial charge in [0.15, 0.2) is 0 Å². The molecule has 2 aromatic rings. The van der Waals surface area contributed by atoms with E-state index in [0.29, 0.717) is 17.7 Å². The van der Waals surface area contributed by atoms with E-state index in [1.54, 1.807) is 36.2 Å². The molecule has 0 saturated heterocycles. The minimum Gasteiger partial charge on any atom is -0.480 e. The Hall–Kier alpha value is -2.90. The molecule has 146 valence electrons. The lowest BCUT2D eigenvalue weighted by Gasteiger charge is -2.18. The number of rotatable bonds is 5. The highest BCUT2D eigenvalue weighted by atomic mass is 19.1. The lowest BCUT2D eigenvalue weighted by molar-refractivity contribution is -0.137. The number of aliphatic carboxylic acids is 1. The van der Waals surface area contributed by atoms with E-state index in [9.17, 15) is 9.18 Å². The first kappa shape index (κ1) is 21.4. The second-order valence-corrected chi connectivity index (χ2v) is 7.77. The minimum absolute atomic E-state index is 0.0684. The van der Waals surface area contributed by atoms with Gasteiger partial charge in [-0.05, 0) is 36.2 Å². The van der Waals surface area contributed by atoms with Crippen LogP contribution in [-0.4, -0.2) is 36.1 Å². The summed E-state index contributed by atoms with van der Waals surface area (Å²) in [6.45, 7) is 6.72. The fraction of sp³-hybridized carbons (Fsp3) is 0.292. The molecule has 2 rings (SSSR count). The first-order valence-electron chi connectivity index (χ1n) is 9.15. The predicted octanol–water partition coefficient (Wildman–Crippen LogP) is 4.57. The summed E-state index contributed by atoms with van der Waals surface area (Å²) in [5, 5.41) is 8.89. The van der Waals surface area contributed by atoms with Gasteiger partial charge in [0.25, 0.3) is 0 Å². The maximum absolute atomic E-state index is 14.3. The van der Waals surface area contributed by atoms with Crippen LogP contribution in [0.15, 0.2) is 54.6 Å². The van der Waals surface area contributed by atoms with Gasteiger partial charge in [0.1, 0.15) is 5.82 Å². The van der Waals surface area contributed by atoms with Gasteiger partial charge in [-0.25, -0.2) is 4.39 Å². The van der Waals surface area contributed by atoms with Crippen LogP contribution in [0.4, 0.5) is 4.39 Å². The summed E-state index contributed by atoms with van der Waals surface area (Å²) < 4.78 is 14.3. The molecule has 0 atom stereocenters. The van der Waals surface area contributed by atoms with Crippen LogP contribution in [0.2, 0.25) is 0 Å². The van der Waals surface area contributed by atoms with Crippen molar-refractivity contribution in [3.63, 3.8) is 0 Å². The topological polar surface area (TPSA) is 40.5 Å². The maximum Gasteiger partial charge on any atom is 0.317 e. The highest BCUT2D eigenvalue weighted by Crippen LogP contribution is 2.22. The summed E-state index contributed by atoms with van der Waals surface area (Å²) in [6, 6.07) is 14.5. The van der Waals surface area contributed by atoms with Crippen LogP contribution in [0.5, 0.6) is 0 Å².